The molecule has 0 aromatic carbocycles. The van der Waals surface area contributed by atoms with Crippen LogP contribution in [0.3, 0.4) is 0 Å². The molecule has 0 saturated carbocycles. The number of hydrogen-bond acceptors (Lipinski definition) is 9. The molecule has 1 aromatic heterocycles. The number of furan rings is 1. The first-order valence-corrected chi connectivity index (χ1v) is 24.3. The number of aliphatic hydroxyl groups excluding tert-OH is 1. The van der Waals surface area contributed by atoms with Gasteiger partial charge in [-0.25, -0.2) is 4.57 Å². The van der Waals surface area contributed by atoms with E-state index in [2.05, 4.69) is 33.8 Å². The summed E-state index contributed by atoms with van der Waals surface area (Å²) < 4.78 is 40.4. The second-order valence-electron chi connectivity index (χ2n) is 16.9. The Morgan fingerprint density at radius 2 is 1.35 bits per heavy atom. The van der Waals surface area contributed by atoms with E-state index in [0.717, 1.165) is 69.3 Å². The zero-order chi connectivity index (χ0) is 44.5. The van der Waals surface area contributed by atoms with E-state index in [-0.39, 0.29) is 26.1 Å². The number of phosphoric ester groups is 1. The minimum atomic E-state index is -4.42. The fourth-order valence-corrected chi connectivity index (χ4v) is 6.99. The van der Waals surface area contributed by atoms with E-state index in [1.807, 2.05) is 57.6 Å². The molecule has 0 spiro atoms. The number of quaternary nitrogens is 1. The van der Waals surface area contributed by atoms with Gasteiger partial charge in [-0.15, -0.1) is 0 Å². The molecule has 0 amide bonds. The summed E-state index contributed by atoms with van der Waals surface area (Å²) in [5, 5.41) is 10.1. The van der Waals surface area contributed by atoms with Crippen molar-refractivity contribution in [1.29, 1.82) is 0 Å². The Morgan fingerprint density at radius 3 is 2.03 bits per heavy atom. The van der Waals surface area contributed by atoms with Crippen molar-refractivity contribution >= 4 is 19.8 Å². The van der Waals surface area contributed by atoms with Crippen LogP contribution in [-0.2, 0) is 45.5 Å². The Labute approximate surface area is 363 Å². The number of phosphoric acid groups is 1. The second-order valence-corrected chi connectivity index (χ2v) is 18.3. The summed E-state index contributed by atoms with van der Waals surface area (Å²) in [6, 6.07) is 0. The van der Waals surface area contributed by atoms with Crippen LogP contribution in [0.1, 0.15) is 158 Å². The predicted octanol–water partition coefficient (Wildman–Crippen LogP) is 11.3. The molecule has 0 saturated heterocycles. The molecule has 0 radical (unpaired) electrons. The summed E-state index contributed by atoms with van der Waals surface area (Å²) in [5.74, 6) is 1.36. The zero-order valence-electron chi connectivity index (χ0n) is 38.5. The quantitative estimate of drug-likeness (QED) is 0.0166. The van der Waals surface area contributed by atoms with Gasteiger partial charge in [-0.05, 0) is 82.8 Å². The summed E-state index contributed by atoms with van der Waals surface area (Å²) in [6.07, 6.45) is 33.2. The Hall–Kier alpha value is -2.79. The van der Waals surface area contributed by atoms with Gasteiger partial charge in [0.15, 0.2) is 6.10 Å². The number of aliphatic hydroxyl groups is 1. The van der Waals surface area contributed by atoms with Crippen LogP contribution in [0.2, 0.25) is 0 Å². The smallest absolute Gasteiger partial charge is 0.466 e. The largest absolute Gasteiger partial charge is 0.472 e. The summed E-state index contributed by atoms with van der Waals surface area (Å²) in [6.45, 7) is 8.44. The highest BCUT2D eigenvalue weighted by Gasteiger charge is 2.27. The molecule has 1 heterocycles. The molecule has 11 nitrogen and oxygen atoms in total. The van der Waals surface area contributed by atoms with Gasteiger partial charge in [0.05, 0.1) is 33.9 Å². The molecule has 0 aliphatic rings. The number of nitrogens with zero attached hydrogens (tertiary/aromatic N) is 1. The molecule has 1 rings (SSSR count). The number of esters is 2. The highest BCUT2D eigenvalue weighted by Crippen LogP contribution is 2.43. The van der Waals surface area contributed by atoms with Crippen LogP contribution in [0.15, 0.2) is 53.0 Å². The van der Waals surface area contributed by atoms with E-state index in [1.54, 1.807) is 6.08 Å². The molecule has 12 heteroatoms. The van der Waals surface area contributed by atoms with E-state index >= 15 is 0 Å². The van der Waals surface area contributed by atoms with E-state index in [0.29, 0.717) is 43.1 Å². The summed E-state index contributed by atoms with van der Waals surface area (Å²) in [7, 11) is 1.37. The molecule has 3 atom stereocenters. The van der Waals surface area contributed by atoms with Gasteiger partial charge in [0.25, 0.3) is 0 Å². The van der Waals surface area contributed by atoms with Crippen molar-refractivity contribution in [3.63, 3.8) is 0 Å². The molecular formula is C48H83NO10P+. The van der Waals surface area contributed by atoms with Gasteiger partial charge in [0.2, 0.25) is 0 Å². The molecule has 2 N–H and O–H groups in total. The van der Waals surface area contributed by atoms with Crippen LogP contribution in [-0.4, -0.2) is 86.1 Å². The van der Waals surface area contributed by atoms with Gasteiger partial charge in [-0.2, -0.15) is 0 Å². The van der Waals surface area contributed by atoms with Crippen molar-refractivity contribution in [2.75, 3.05) is 47.5 Å². The van der Waals surface area contributed by atoms with Crippen LogP contribution in [0, 0.1) is 13.8 Å². The van der Waals surface area contributed by atoms with E-state index < -0.39 is 38.6 Å². The number of carbonyl (C=O) groups is 2. The first kappa shape index (κ1) is 55.2. The van der Waals surface area contributed by atoms with Crippen molar-refractivity contribution in [3.8, 4) is 0 Å². The SMILES string of the molecule is CCCCC/C=C\C=C/[C@H](O)C/C=C\C/C=C/CCCC(=O)O[C@H](COC(=O)CCCCCCCCCCc1oc(CCC)c(C)c1C)COP(=O)(O)OCC[N+](C)(C)C. The van der Waals surface area contributed by atoms with Gasteiger partial charge in [-0.1, -0.05) is 114 Å². The van der Waals surface area contributed by atoms with Gasteiger partial charge in [-0.3, -0.25) is 18.6 Å². The first-order valence-electron chi connectivity index (χ1n) is 22.8. The lowest BCUT2D eigenvalue weighted by Crippen LogP contribution is -2.37. The number of rotatable bonds is 37. The van der Waals surface area contributed by atoms with E-state index in [1.165, 1.54) is 43.2 Å². The molecule has 0 aliphatic heterocycles. The molecule has 0 bridgehead atoms. The Balaban J connectivity index is 2.40. The fraction of sp³-hybridized carbons (Fsp3) is 0.708. The lowest BCUT2D eigenvalue weighted by Gasteiger charge is -2.24. The number of unbranched alkanes of at least 4 members (excludes halogenated alkanes) is 11. The van der Waals surface area contributed by atoms with Crippen molar-refractivity contribution in [3.05, 3.63) is 71.3 Å². The Kier molecular flexibility index (Phi) is 31.1. The maximum atomic E-state index is 12.7. The summed E-state index contributed by atoms with van der Waals surface area (Å²) in [4.78, 5) is 35.5. The zero-order valence-corrected chi connectivity index (χ0v) is 39.4. The van der Waals surface area contributed by atoms with Gasteiger partial charge in [0, 0.05) is 25.7 Å². The number of aryl methyl sites for hydroxylation is 2. The van der Waals surface area contributed by atoms with Gasteiger partial charge >= 0.3 is 19.8 Å². The average molecular weight is 865 g/mol. The van der Waals surface area contributed by atoms with Crippen molar-refractivity contribution < 1.29 is 51.6 Å². The molecule has 1 aromatic rings. The summed E-state index contributed by atoms with van der Waals surface area (Å²) in [5.41, 5.74) is 2.62. The first-order chi connectivity index (χ1) is 28.7. The topological polar surface area (TPSA) is 142 Å². The summed E-state index contributed by atoms with van der Waals surface area (Å²) >= 11 is 0. The standard InChI is InChI=1S/C48H82NO10P/c1-8-10-11-12-16-21-26-32-43(50)33-27-22-17-15-20-25-30-36-48(52)58-44(40-57-60(53,54)56-38-37-49(5,6)7)39-55-47(51)35-29-24-19-14-13-18-23-28-34-46-42(4)41(3)45(59-46)31-9-2/h15-16,20-22,26-27,32,43-44,50H,8-14,17-19,23-25,28-31,33-40H2,1-7H3/p+1/b20-15+,21-16-,27-22-,32-26-/t43-,44+/m0/s1. The lowest BCUT2D eigenvalue weighted by atomic mass is 10.0. The lowest BCUT2D eigenvalue weighted by molar-refractivity contribution is -0.870. The number of allylic oxidation sites excluding steroid dienone is 6. The van der Waals surface area contributed by atoms with E-state index in [4.69, 9.17) is 22.9 Å². The van der Waals surface area contributed by atoms with Gasteiger partial charge < -0.3 is 28.4 Å². The van der Waals surface area contributed by atoms with Gasteiger partial charge in [0.1, 0.15) is 31.3 Å². The minimum Gasteiger partial charge on any atom is -0.466 e. The number of carbonyl (C=O) groups excluding carboxylic acids is 2. The van der Waals surface area contributed by atoms with Crippen LogP contribution < -0.4 is 0 Å². The monoisotopic (exact) mass is 865 g/mol. The van der Waals surface area contributed by atoms with Crippen molar-refractivity contribution in [2.45, 2.75) is 175 Å². The molecule has 1 unspecified atom stereocenters. The normalized spacial score (nSPS) is 14.5. The van der Waals surface area contributed by atoms with Crippen LogP contribution in [0.5, 0.6) is 0 Å². The Morgan fingerprint density at radius 1 is 0.717 bits per heavy atom. The second kappa shape index (κ2) is 33.8. The third kappa shape index (κ3) is 30.3. The Bertz CT molecular complexity index is 1460. The maximum absolute atomic E-state index is 12.7. The molecule has 344 valence electrons. The molecular weight excluding hydrogens is 781 g/mol. The minimum absolute atomic E-state index is 0.00157. The maximum Gasteiger partial charge on any atom is 0.472 e. The van der Waals surface area contributed by atoms with Crippen LogP contribution in [0.4, 0.5) is 0 Å². The third-order valence-electron chi connectivity index (χ3n) is 10.1. The van der Waals surface area contributed by atoms with Crippen LogP contribution in [0.25, 0.3) is 0 Å². The highest BCUT2D eigenvalue weighted by atomic mass is 31.2. The average Bonchev–Trinajstić information content (AvgIpc) is 3.45. The number of likely N-dealkylation sites (N-methyl/N-ethyl adjacent to an activating group) is 1. The third-order valence-corrected chi connectivity index (χ3v) is 11.1. The fourth-order valence-electron chi connectivity index (χ4n) is 6.25. The molecule has 60 heavy (non-hydrogen) atoms. The number of ether oxygens (including phenoxy) is 2. The van der Waals surface area contributed by atoms with E-state index in [9.17, 15) is 24.2 Å². The van der Waals surface area contributed by atoms with Crippen molar-refractivity contribution in [2.24, 2.45) is 0 Å². The molecule has 0 fully saturated rings. The highest BCUT2D eigenvalue weighted by molar-refractivity contribution is 7.47. The number of hydrogen-bond donors (Lipinski definition) is 2. The van der Waals surface area contributed by atoms with Crippen LogP contribution >= 0.6 is 7.82 Å². The predicted molar refractivity (Wildman–Crippen MR) is 243 cm³/mol. The molecule has 0 aliphatic carbocycles. The van der Waals surface area contributed by atoms with Crippen molar-refractivity contribution in [1.82, 2.24) is 0 Å².